The number of aromatic nitrogens is 5. The van der Waals surface area contributed by atoms with Gasteiger partial charge in [0.05, 0.1) is 23.2 Å². The summed E-state index contributed by atoms with van der Waals surface area (Å²) in [6, 6.07) is 0.901. The normalized spacial score (nSPS) is 27.1. The van der Waals surface area contributed by atoms with Crippen molar-refractivity contribution in [3.8, 4) is 11.5 Å². The summed E-state index contributed by atoms with van der Waals surface area (Å²) in [5.41, 5.74) is 0.968. The fourth-order valence-corrected chi connectivity index (χ4v) is 5.51. The Morgan fingerprint density at radius 3 is 2.56 bits per heavy atom. The number of carbonyl (C=O) groups is 1. The molecule has 4 aliphatic carbocycles. The van der Waals surface area contributed by atoms with Crippen molar-refractivity contribution >= 4 is 22.8 Å². The van der Waals surface area contributed by atoms with E-state index < -0.39 is 23.5 Å². The molecular formula is C22H22F2N6O2. The van der Waals surface area contributed by atoms with Crippen LogP contribution in [0.3, 0.4) is 0 Å². The van der Waals surface area contributed by atoms with E-state index in [0.29, 0.717) is 16.7 Å². The molecule has 7 rings (SSSR count). The Labute approximate surface area is 181 Å². The van der Waals surface area contributed by atoms with Crippen LogP contribution in [-0.2, 0) is 4.79 Å². The first-order valence-corrected chi connectivity index (χ1v) is 11.1. The molecule has 4 aliphatic rings. The van der Waals surface area contributed by atoms with Crippen LogP contribution in [0.1, 0.15) is 50.1 Å². The number of H-pyrrole nitrogens is 1. The second-order valence-corrected chi connectivity index (χ2v) is 9.20. The molecule has 8 nitrogen and oxygen atoms in total. The largest absolute Gasteiger partial charge is 0.481 e. The number of carboxylic acids is 1. The number of halogens is 2. The second kappa shape index (κ2) is 7.18. The minimum Gasteiger partial charge on any atom is -0.481 e. The first kappa shape index (κ1) is 19.5. The molecule has 166 valence electrons. The molecule has 0 unspecified atom stereocenters. The molecule has 3 heterocycles. The number of aromatic amines is 1. The Bertz CT molecular complexity index is 1220. The third-order valence-corrected chi connectivity index (χ3v) is 7.24. The summed E-state index contributed by atoms with van der Waals surface area (Å²) in [6.45, 7) is 0. The van der Waals surface area contributed by atoms with Gasteiger partial charge >= 0.3 is 5.97 Å². The highest BCUT2D eigenvalue weighted by molar-refractivity contribution is 5.88. The molecule has 2 atom stereocenters. The number of fused-ring (bicyclic) bond motifs is 4. The van der Waals surface area contributed by atoms with E-state index in [1.807, 2.05) is 0 Å². The Morgan fingerprint density at radius 1 is 1.09 bits per heavy atom. The van der Waals surface area contributed by atoms with Crippen LogP contribution in [0.4, 0.5) is 14.6 Å². The predicted octanol–water partition coefficient (Wildman–Crippen LogP) is 3.87. The van der Waals surface area contributed by atoms with E-state index >= 15 is 4.39 Å². The van der Waals surface area contributed by atoms with Gasteiger partial charge in [-0.15, -0.1) is 0 Å². The highest BCUT2D eigenvalue weighted by Crippen LogP contribution is 2.47. The molecule has 0 aromatic carbocycles. The number of nitrogens with one attached hydrogen (secondary N) is 2. The highest BCUT2D eigenvalue weighted by atomic mass is 19.1. The van der Waals surface area contributed by atoms with Crippen molar-refractivity contribution in [2.24, 2.45) is 17.8 Å². The average molecular weight is 440 g/mol. The fraction of sp³-hybridized carbons (Fsp3) is 0.500. The zero-order chi connectivity index (χ0) is 22.0. The summed E-state index contributed by atoms with van der Waals surface area (Å²) in [6.07, 6.45) is 6.38. The summed E-state index contributed by atoms with van der Waals surface area (Å²) in [5.74, 6) is -2.07. The monoisotopic (exact) mass is 440 g/mol. The van der Waals surface area contributed by atoms with Gasteiger partial charge in [-0.1, -0.05) is 0 Å². The van der Waals surface area contributed by atoms with Crippen LogP contribution in [0, 0.1) is 29.4 Å². The third kappa shape index (κ3) is 3.11. The van der Waals surface area contributed by atoms with Crippen LogP contribution < -0.4 is 5.32 Å². The van der Waals surface area contributed by atoms with Crippen molar-refractivity contribution in [3.63, 3.8) is 0 Å². The fourth-order valence-electron chi connectivity index (χ4n) is 5.51. The lowest BCUT2D eigenvalue weighted by Gasteiger charge is -2.47. The third-order valence-electron chi connectivity index (χ3n) is 7.24. The molecule has 0 aliphatic heterocycles. The number of hydrogen-bond donors (Lipinski definition) is 3. The van der Waals surface area contributed by atoms with Gasteiger partial charge in [0.2, 0.25) is 0 Å². The van der Waals surface area contributed by atoms with Gasteiger partial charge < -0.3 is 10.4 Å². The summed E-state index contributed by atoms with van der Waals surface area (Å²) >= 11 is 0. The number of hydrogen-bond acceptors (Lipinski definition) is 6. The standard InChI is InChI=1S/C22H22F2N6O2/c23-12-7-13-18(29-30-19(13)25-8-12)21-27-17(11-5-6-11)15(24)20(28-21)26-16-10-3-1-9(2-4-10)14(16)22(31)32/h7-11,14,16H,1-6H2,(H,31,32)(H,25,29,30)(H,26,27,28)/t9?,10?,14-,16-/m0/s1. The average Bonchev–Trinajstić information content (AvgIpc) is 3.55. The van der Waals surface area contributed by atoms with Gasteiger partial charge in [-0.05, 0) is 56.4 Å². The summed E-state index contributed by atoms with van der Waals surface area (Å²) in [7, 11) is 0. The maximum Gasteiger partial charge on any atom is 0.308 e. The molecule has 2 bridgehead atoms. The SMILES string of the molecule is O=C(O)[C@H]1C2CCC(CC2)[C@@H]1Nc1nc(-c2n[nH]c3ncc(F)cc23)nc(C2CC2)c1F. The van der Waals surface area contributed by atoms with Crippen LogP contribution >= 0.6 is 0 Å². The number of anilines is 1. The zero-order valence-electron chi connectivity index (χ0n) is 17.2. The Hall–Kier alpha value is -3.17. The Kier molecular flexibility index (Phi) is 4.38. The Balaban J connectivity index is 1.44. The molecule has 4 fully saturated rings. The molecule has 0 amide bonds. The van der Waals surface area contributed by atoms with Crippen LogP contribution in [0.15, 0.2) is 12.3 Å². The molecule has 10 heteroatoms. The summed E-state index contributed by atoms with van der Waals surface area (Å²) < 4.78 is 29.3. The van der Waals surface area contributed by atoms with Crippen molar-refractivity contribution in [2.75, 3.05) is 5.32 Å². The number of carboxylic acid groups (broad SMARTS) is 1. The highest BCUT2D eigenvalue weighted by Gasteiger charge is 2.48. The number of nitrogens with zero attached hydrogens (tertiary/aromatic N) is 4. The van der Waals surface area contributed by atoms with E-state index in [1.165, 1.54) is 6.07 Å². The molecule has 0 radical (unpaired) electrons. The van der Waals surface area contributed by atoms with Crippen molar-refractivity contribution in [2.45, 2.75) is 50.5 Å². The molecule has 0 spiro atoms. The maximum atomic E-state index is 15.5. The minimum absolute atomic E-state index is 0.00112. The smallest absolute Gasteiger partial charge is 0.308 e. The van der Waals surface area contributed by atoms with Gasteiger partial charge in [-0.3, -0.25) is 9.89 Å². The van der Waals surface area contributed by atoms with E-state index in [1.54, 1.807) is 0 Å². The lowest BCUT2D eigenvalue weighted by molar-refractivity contribution is -0.148. The van der Waals surface area contributed by atoms with Crippen LogP contribution in [0.2, 0.25) is 0 Å². The van der Waals surface area contributed by atoms with Gasteiger partial charge in [-0.25, -0.2) is 23.7 Å². The number of rotatable bonds is 5. The molecule has 3 aromatic heterocycles. The number of pyridine rings is 1. The summed E-state index contributed by atoms with van der Waals surface area (Å²) in [5, 5.41) is 20.4. The molecule has 3 N–H and O–H groups in total. The van der Waals surface area contributed by atoms with E-state index in [-0.39, 0.29) is 41.1 Å². The van der Waals surface area contributed by atoms with Gasteiger partial charge in [0.25, 0.3) is 0 Å². The zero-order valence-corrected chi connectivity index (χ0v) is 17.2. The van der Waals surface area contributed by atoms with Crippen molar-refractivity contribution in [1.29, 1.82) is 0 Å². The van der Waals surface area contributed by atoms with Crippen molar-refractivity contribution < 1.29 is 18.7 Å². The molecule has 0 saturated heterocycles. The van der Waals surface area contributed by atoms with Crippen molar-refractivity contribution in [1.82, 2.24) is 25.1 Å². The maximum absolute atomic E-state index is 15.5. The predicted molar refractivity (Wildman–Crippen MR) is 111 cm³/mol. The van der Waals surface area contributed by atoms with Crippen LogP contribution in [0.25, 0.3) is 22.6 Å². The van der Waals surface area contributed by atoms with Gasteiger partial charge in [0.15, 0.2) is 23.1 Å². The first-order valence-electron chi connectivity index (χ1n) is 11.1. The number of aliphatic carboxylic acids is 1. The van der Waals surface area contributed by atoms with E-state index in [4.69, 9.17) is 0 Å². The first-order chi connectivity index (χ1) is 15.5. The molecule has 4 saturated carbocycles. The van der Waals surface area contributed by atoms with Crippen LogP contribution in [-0.4, -0.2) is 42.3 Å². The van der Waals surface area contributed by atoms with Crippen molar-refractivity contribution in [3.05, 3.63) is 29.6 Å². The topological polar surface area (TPSA) is 117 Å². The van der Waals surface area contributed by atoms with Gasteiger partial charge in [-0.2, -0.15) is 5.10 Å². The summed E-state index contributed by atoms with van der Waals surface area (Å²) in [4.78, 5) is 24.9. The lowest BCUT2D eigenvalue weighted by atomic mass is 9.61. The minimum atomic E-state index is -0.853. The van der Waals surface area contributed by atoms with E-state index in [2.05, 4.69) is 30.5 Å². The molecule has 32 heavy (non-hydrogen) atoms. The second-order valence-electron chi connectivity index (χ2n) is 9.20. The molecule has 3 aromatic rings. The Morgan fingerprint density at radius 2 is 1.84 bits per heavy atom. The quantitative estimate of drug-likeness (QED) is 0.551. The lowest BCUT2D eigenvalue weighted by Crippen LogP contribution is -2.51. The van der Waals surface area contributed by atoms with E-state index in [0.717, 1.165) is 44.7 Å². The van der Waals surface area contributed by atoms with Gasteiger partial charge in [0, 0.05) is 12.0 Å². The van der Waals surface area contributed by atoms with Crippen LogP contribution in [0.5, 0.6) is 0 Å². The van der Waals surface area contributed by atoms with Gasteiger partial charge in [0.1, 0.15) is 11.5 Å². The van der Waals surface area contributed by atoms with E-state index in [9.17, 15) is 14.3 Å². The molecular weight excluding hydrogens is 418 g/mol.